The zero-order valence-corrected chi connectivity index (χ0v) is 8.63. The number of carbonyl (C=O) groups is 2. The first-order chi connectivity index (χ1) is 7.02. The molecule has 0 radical (unpaired) electrons. The van der Waals surface area contributed by atoms with Crippen molar-refractivity contribution >= 4 is 17.3 Å². The second-order valence-electron chi connectivity index (χ2n) is 3.72. The van der Waals surface area contributed by atoms with E-state index in [1.54, 1.807) is 6.07 Å². The van der Waals surface area contributed by atoms with E-state index in [4.69, 9.17) is 5.73 Å². The lowest BCUT2D eigenvalue weighted by molar-refractivity contribution is 0.0994. The molecule has 2 N–H and O–H groups in total. The van der Waals surface area contributed by atoms with E-state index in [1.807, 2.05) is 13.8 Å². The average Bonchev–Trinajstić information content (AvgIpc) is 2.20. The number of hydrogen-bond donors (Lipinski definition) is 1. The molecule has 1 aromatic rings. The van der Waals surface area contributed by atoms with Crippen LogP contribution in [0.4, 0.5) is 5.69 Å². The van der Waals surface area contributed by atoms with E-state index in [2.05, 4.69) is 0 Å². The Labute approximate surface area is 87.6 Å². The summed E-state index contributed by atoms with van der Waals surface area (Å²) in [6.45, 7) is 3.73. The summed E-state index contributed by atoms with van der Waals surface area (Å²) in [5, 5.41) is 0. The van der Waals surface area contributed by atoms with Crippen molar-refractivity contribution in [2.75, 3.05) is 5.73 Å². The summed E-state index contributed by atoms with van der Waals surface area (Å²) in [6.07, 6.45) is 2.56. The molecular weight excluding hydrogens is 190 g/mol. The van der Waals surface area contributed by atoms with E-state index < -0.39 is 0 Å². The van der Waals surface area contributed by atoms with Gasteiger partial charge >= 0.3 is 0 Å². The maximum Gasteiger partial charge on any atom is 0.188 e. The normalized spacial score (nSPS) is 14.3. The van der Waals surface area contributed by atoms with Gasteiger partial charge in [-0.2, -0.15) is 0 Å². The molecule has 1 aliphatic rings. The fraction of sp³-hybridized carbons (Fsp3) is 0.167. The van der Waals surface area contributed by atoms with Gasteiger partial charge in [-0.15, -0.1) is 0 Å². The maximum absolute atomic E-state index is 11.6. The van der Waals surface area contributed by atoms with Crippen LogP contribution in [0.15, 0.2) is 18.2 Å². The molecular formula is C12H11NO2. The van der Waals surface area contributed by atoms with Crippen LogP contribution >= 0.6 is 0 Å². The number of aryl methyl sites for hydroxylation is 1. The fourth-order valence-electron chi connectivity index (χ4n) is 1.73. The zero-order chi connectivity index (χ0) is 11.2. The number of allylic oxidation sites excluding steroid dienone is 2. The van der Waals surface area contributed by atoms with Crippen LogP contribution in [-0.2, 0) is 0 Å². The van der Waals surface area contributed by atoms with Crippen LogP contribution in [0.3, 0.4) is 0 Å². The van der Waals surface area contributed by atoms with Crippen molar-refractivity contribution in [3.63, 3.8) is 0 Å². The van der Waals surface area contributed by atoms with Gasteiger partial charge in [-0.3, -0.25) is 9.59 Å². The van der Waals surface area contributed by atoms with Gasteiger partial charge in [0.15, 0.2) is 11.6 Å². The molecule has 0 aromatic heterocycles. The summed E-state index contributed by atoms with van der Waals surface area (Å²) in [5.41, 5.74) is 8.84. The second-order valence-corrected chi connectivity index (χ2v) is 3.72. The third-order valence-electron chi connectivity index (χ3n) is 2.79. The predicted molar refractivity (Wildman–Crippen MR) is 58.1 cm³/mol. The van der Waals surface area contributed by atoms with Crippen molar-refractivity contribution in [3.05, 3.63) is 40.5 Å². The summed E-state index contributed by atoms with van der Waals surface area (Å²) in [7, 11) is 0. The second kappa shape index (κ2) is 3.05. The van der Waals surface area contributed by atoms with Crippen molar-refractivity contribution in [2.45, 2.75) is 13.8 Å². The van der Waals surface area contributed by atoms with Gasteiger partial charge in [0.05, 0.1) is 5.56 Å². The number of benzene rings is 1. The number of carbonyl (C=O) groups excluding carboxylic acids is 2. The molecule has 0 aliphatic heterocycles. The van der Waals surface area contributed by atoms with Crippen LogP contribution in [0.5, 0.6) is 0 Å². The smallest absolute Gasteiger partial charge is 0.188 e. The Bertz CT molecular complexity index is 513. The highest BCUT2D eigenvalue weighted by Gasteiger charge is 2.23. The lowest BCUT2D eigenvalue weighted by Crippen LogP contribution is -2.15. The Morgan fingerprint density at radius 1 is 1.07 bits per heavy atom. The van der Waals surface area contributed by atoms with Gasteiger partial charge in [-0.05, 0) is 43.2 Å². The van der Waals surface area contributed by atoms with E-state index in [9.17, 15) is 9.59 Å². The number of anilines is 1. The van der Waals surface area contributed by atoms with Crippen molar-refractivity contribution in [1.82, 2.24) is 0 Å². The highest BCUT2D eigenvalue weighted by atomic mass is 16.1. The molecule has 0 bridgehead atoms. The van der Waals surface area contributed by atoms with Crippen LogP contribution in [0, 0.1) is 13.8 Å². The number of fused-ring (bicyclic) bond motifs is 1. The molecule has 0 fully saturated rings. The topological polar surface area (TPSA) is 60.2 Å². The van der Waals surface area contributed by atoms with Crippen molar-refractivity contribution in [3.8, 4) is 0 Å². The lowest BCUT2D eigenvalue weighted by atomic mass is 9.89. The first kappa shape index (κ1) is 9.65. The highest BCUT2D eigenvalue weighted by molar-refractivity contribution is 6.24. The minimum absolute atomic E-state index is 0.153. The Balaban J connectivity index is 2.83. The minimum atomic E-state index is -0.190. The maximum atomic E-state index is 11.6. The number of rotatable bonds is 0. The summed E-state index contributed by atoms with van der Waals surface area (Å²) >= 11 is 0. The molecule has 0 spiro atoms. The van der Waals surface area contributed by atoms with Crippen LogP contribution < -0.4 is 5.73 Å². The molecule has 76 valence electrons. The van der Waals surface area contributed by atoms with E-state index in [0.717, 1.165) is 11.1 Å². The van der Waals surface area contributed by atoms with E-state index >= 15 is 0 Å². The van der Waals surface area contributed by atoms with Gasteiger partial charge in [-0.1, -0.05) is 0 Å². The number of nitrogens with two attached hydrogens (primary N) is 1. The largest absolute Gasteiger partial charge is 0.398 e. The SMILES string of the molecule is Cc1cc2c(c(N)c1C)C(=O)C=CC2=O. The molecule has 1 aliphatic carbocycles. The number of nitrogen functional groups attached to an aromatic ring is 1. The minimum Gasteiger partial charge on any atom is -0.398 e. The van der Waals surface area contributed by atoms with Gasteiger partial charge in [0.1, 0.15) is 0 Å². The van der Waals surface area contributed by atoms with E-state index in [0.29, 0.717) is 16.8 Å². The Kier molecular flexibility index (Phi) is 1.96. The average molecular weight is 201 g/mol. The van der Waals surface area contributed by atoms with Gasteiger partial charge in [0.2, 0.25) is 0 Å². The van der Waals surface area contributed by atoms with Crippen LogP contribution in [0.25, 0.3) is 0 Å². The Hall–Kier alpha value is -1.90. The third kappa shape index (κ3) is 1.28. The quantitative estimate of drug-likeness (QED) is 0.651. The first-order valence-electron chi connectivity index (χ1n) is 4.68. The molecule has 2 rings (SSSR count). The zero-order valence-electron chi connectivity index (χ0n) is 8.63. The third-order valence-corrected chi connectivity index (χ3v) is 2.79. The Morgan fingerprint density at radius 3 is 2.33 bits per heavy atom. The van der Waals surface area contributed by atoms with E-state index in [-0.39, 0.29) is 11.6 Å². The van der Waals surface area contributed by atoms with Crippen molar-refractivity contribution in [1.29, 1.82) is 0 Å². The standard InChI is InChI=1S/C12H11NO2/c1-6-5-8-9(14)3-4-10(15)11(8)12(13)7(6)2/h3-5H,13H2,1-2H3. The molecule has 3 heteroatoms. The van der Waals surface area contributed by atoms with Gasteiger partial charge in [0.25, 0.3) is 0 Å². The van der Waals surface area contributed by atoms with Gasteiger partial charge in [-0.25, -0.2) is 0 Å². The molecule has 0 saturated heterocycles. The monoisotopic (exact) mass is 201 g/mol. The summed E-state index contributed by atoms with van der Waals surface area (Å²) in [5.74, 6) is -0.343. The Morgan fingerprint density at radius 2 is 1.67 bits per heavy atom. The summed E-state index contributed by atoms with van der Waals surface area (Å²) in [4.78, 5) is 23.1. The van der Waals surface area contributed by atoms with E-state index in [1.165, 1.54) is 12.2 Å². The molecule has 0 unspecified atom stereocenters. The molecule has 1 aromatic carbocycles. The molecule has 15 heavy (non-hydrogen) atoms. The van der Waals surface area contributed by atoms with Crippen molar-refractivity contribution in [2.24, 2.45) is 0 Å². The molecule has 0 amide bonds. The van der Waals surface area contributed by atoms with Gasteiger partial charge in [0, 0.05) is 11.3 Å². The summed E-state index contributed by atoms with van der Waals surface area (Å²) in [6, 6.07) is 1.73. The van der Waals surface area contributed by atoms with Crippen molar-refractivity contribution < 1.29 is 9.59 Å². The number of ketones is 2. The fourth-order valence-corrected chi connectivity index (χ4v) is 1.73. The van der Waals surface area contributed by atoms with Crippen LogP contribution in [0.2, 0.25) is 0 Å². The molecule has 0 saturated carbocycles. The highest BCUT2D eigenvalue weighted by Crippen LogP contribution is 2.28. The predicted octanol–water partition coefficient (Wildman–Crippen LogP) is 1.82. The summed E-state index contributed by atoms with van der Waals surface area (Å²) < 4.78 is 0. The van der Waals surface area contributed by atoms with Crippen LogP contribution in [-0.4, -0.2) is 11.6 Å². The van der Waals surface area contributed by atoms with Gasteiger partial charge < -0.3 is 5.73 Å². The lowest BCUT2D eigenvalue weighted by Gasteiger charge is -2.15. The van der Waals surface area contributed by atoms with Crippen LogP contribution in [0.1, 0.15) is 31.8 Å². The first-order valence-corrected chi connectivity index (χ1v) is 4.68. The molecule has 3 nitrogen and oxygen atoms in total. The number of hydrogen-bond acceptors (Lipinski definition) is 3. The molecule has 0 heterocycles. The molecule has 0 atom stereocenters.